The molecule has 0 N–H and O–H groups in total. The highest BCUT2D eigenvalue weighted by Gasteiger charge is 2.18. The van der Waals surface area contributed by atoms with E-state index in [1.54, 1.807) is 0 Å². The number of hydrogen-bond acceptors (Lipinski definition) is 2. The lowest BCUT2D eigenvalue weighted by Gasteiger charge is -2.27. The SMILES string of the molecule is c1cc(-c2cccc3oc4ccccc4c23)cc(N(c2ccc(-c3cccc4ccccc34)cc2)c2cccc3ccccc23)c1. The second-order valence-corrected chi connectivity index (χ2v) is 11.7. The minimum absolute atomic E-state index is 0.902. The average molecular weight is 588 g/mol. The topological polar surface area (TPSA) is 16.4 Å². The van der Waals surface area contributed by atoms with Gasteiger partial charge in [-0.25, -0.2) is 0 Å². The van der Waals surface area contributed by atoms with Gasteiger partial charge in [0.1, 0.15) is 11.2 Å². The summed E-state index contributed by atoms with van der Waals surface area (Å²) in [7, 11) is 0. The average Bonchev–Trinajstić information content (AvgIpc) is 3.51. The number of hydrogen-bond donors (Lipinski definition) is 0. The minimum Gasteiger partial charge on any atom is -0.456 e. The number of benzene rings is 8. The summed E-state index contributed by atoms with van der Waals surface area (Å²) in [5, 5.41) is 7.20. The van der Waals surface area contributed by atoms with Crippen LogP contribution in [0.1, 0.15) is 0 Å². The monoisotopic (exact) mass is 587 g/mol. The Hall–Kier alpha value is -6.12. The fourth-order valence-corrected chi connectivity index (χ4v) is 6.93. The third-order valence-electron chi connectivity index (χ3n) is 9.05. The van der Waals surface area contributed by atoms with Crippen molar-refractivity contribution in [3.05, 3.63) is 176 Å². The van der Waals surface area contributed by atoms with E-state index in [-0.39, 0.29) is 0 Å². The van der Waals surface area contributed by atoms with Gasteiger partial charge in [-0.2, -0.15) is 0 Å². The predicted molar refractivity (Wildman–Crippen MR) is 194 cm³/mol. The van der Waals surface area contributed by atoms with Crippen LogP contribution in [0.15, 0.2) is 180 Å². The lowest BCUT2D eigenvalue weighted by atomic mass is 9.97. The smallest absolute Gasteiger partial charge is 0.136 e. The van der Waals surface area contributed by atoms with Crippen molar-refractivity contribution in [3.63, 3.8) is 0 Å². The molecule has 0 aliphatic rings. The summed E-state index contributed by atoms with van der Waals surface area (Å²) in [6.45, 7) is 0. The van der Waals surface area contributed by atoms with Gasteiger partial charge in [-0.05, 0) is 80.9 Å². The van der Waals surface area contributed by atoms with Crippen molar-refractivity contribution in [1.82, 2.24) is 0 Å². The molecule has 0 unspecified atom stereocenters. The first-order valence-corrected chi connectivity index (χ1v) is 15.7. The minimum atomic E-state index is 0.902. The first kappa shape index (κ1) is 26.3. The summed E-state index contributed by atoms with van der Waals surface area (Å²) in [5.41, 5.74) is 9.89. The molecule has 1 heterocycles. The molecule has 2 nitrogen and oxygen atoms in total. The first-order chi connectivity index (χ1) is 22.8. The summed E-state index contributed by atoms with van der Waals surface area (Å²) in [4.78, 5) is 2.38. The van der Waals surface area contributed by atoms with Gasteiger partial charge in [-0.15, -0.1) is 0 Å². The second kappa shape index (κ2) is 10.8. The molecule has 0 spiro atoms. The molecule has 0 bridgehead atoms. The van der Waals surface area contributed by atoms with Crippen LogP contribution >= 0.6 is 0 Å². The van der Waals surface area contributed by atoms with E-state index in [0.29, 0.717) is 0 Å². The molecule has 2 heteroatoms. The van der Waals surface area contributed by atoms with Crippen LogP contribution in [-0.2, 0) is 0 Å². The molecule has 0 saturated carbocycles. The fourth-order valence-electron chi connectivity index (χ4n) is 6.93. The van der Waals surface area contributed by atoms with E-state index in [4.69, 9.17) is 4.42 Å². The maximum atomic E-state index is 6.24. The zero-order valence-corrected chi connectivity index (χ0v) is 25.1. The lowest BCUT2D eigenvalue weighted by Crippen LogP contribution is -2.10. The summed E-state index contributed by atoms with van der Waals surface area (Å²) < 4.78 is 6.24. The molecule has 0 amide bonds. The second-order valence-electron chi connectivity index (χ2n) is 11.7. The number of rotatable bonds is 5. The molecule has 0 fully saturated rings. The van der Waals surface area contributed by atoms with Crippen molar-refractivity contribution in [3.8, 4) is 22.3 Å². The standard InChI is InChI=1S/C44H29NO/c1-3-17-36-30(11-1)13-8-20-37(36)32-25-27-34(28-26-32)45(41-22-9-14-31-12-2-4-18-38(31)41)35-16-7-15-33(29-35)39-21-10-24-43-44(39)40-19-5-6-23-42(40)46-43/h1-29H. The van der Waals surface area contributed by atoms with E-state index >= 15 is 0 Å². The van der Waals surface area contributed by atoms with Gasteiger partial charge < -0.3 is 9.32 Å². The van der Waals surface area contributed by atoms with Gasteiger partial charge in [0.2, 0.25) is 0 Å². The van der Waals surface area contributed by atoms with Crippen molar-refractivity contribution in [2.24, 2.45) is 0 Å². The van der Waals surface area contributed by atoms with Gasteiger partial charge in [0.25, 0.3) is 0 Å². The molecule has 0 aliphatic heterocycles. The zero-order chi connectivity index (χ0) is 30.5. The molecule has 0 saturated heterocycles. The van der Waals surface area contributed by atoms with Gasteiger partial charge >= 0.3 is 0 Å². The molecular formula is C44H29NO. The highest BCUT2D eigenvalue weighted by atomic mass is 16.3. The lowest BCUT2D eigenvalue weighted by molar-refractivity contribution is 0.669. The Balaban J connectivity index is 1.22. The van der Waals surface area contributed by atoms with Crippen LogP contribution in [-0.4, -0.2) is 0 Å². The molecule has 216 valence electrons. The molecule has 46 heavy (non-hydrogen) atoms. The van der Waals surface area contributed by atoms with E-state index in [9.17, 15) is 0 Å². The van der Waals surface area contributed by atoms with Crippen molar-refractivity contribution in [1.29, 1.82) is 0 Å². The molecule has 0 aliphatic carbocycles. The molecule has 9 aromatic rings. The van der Waals surface area contributed by atoms with E-state index in [1.165, 1.54) is 32.7 Å². The van der Waals surface area contributed by atoms with E-state index in [2.05, 4.69) is 169 Å². The Kier molecular flexibility index (Phi) is 6.17. The highest BCUT2D eigenvalue weighted by Crippen LogP contribution is 2.43. The first-order valence-electron chi connectivity index (χ1n) is 15.7. The van der Waals surface area contributed by atoms with Crippen LogP contribution in [0, 0.1) is 0 Å². The number of nitrogens with zero attached hydrogens (tertiary/aromatic N) is 1. The maximum absolute atomic E-state index is 6.24. The van der Waals surface area contributed by atoms with Crippen molar-refractivity contribution >= 4 is 60.5 Å². The third-order valence-corrected chi connectivity index (χ3v) is 9.05. The summed E-state index contributed by atoms with van der Waals surface area (Å²) in [6.07, 6.45) is 0. The summed E-state index contributed by atoms with van der Waals surface area (Å²) in [5.74, 6) is 0. The number of furan rings is 1. The van der Waals surface area contributed by atoms with Crippen LogP contribution in [0.4, 0.5) is 17.1 Å². The van der Waals surface area contributed by atoms with Gasteiger partial charge in [-0.3, -0.25) is 0 Å². The molecular weight excluding hydrogens is 558 g/mol. The quantitative estimate of drug-likeness (QED) is 0.199. The Morgan fingerprint density at radius 1 is 0.370 bits per heavy atom. The van der Waals surface area contributed by atoms with Gasteiger partial charge in [0, 0.05) is 27.5 Å². The maximum Gasteiger partial charge on any atom is 0.136 e. The van der Waals surface area contributed by atoms with Crippen LogP contribution in [0.2, 0.25) is 0 Å². The Bertz CT molecular complexity index is 2530. The van der Waals surface area contributed by atoms with E-state index in [0.717, 1.165) is 50.1 Å². The Labute approximate surface area is 267 Å². The number of anilines is 3. The molecule has 0 atom stereocenters. The van der Waals surface area contributed by atoms with Gasteiger partial charge in [0.05, 0.1) is 5.69 Å². The third kappa shape index (κ3) is 4.35. The van der Waals surface area contributed by atoms with Crippen LogP contribution in [0.25, 0.3) is 65.7 Å². The van der Waals surface area contributed by atoms with Gasteiger partial charge in [0.15, 0.2) is 0 Å². The van der Waals surface area contributed by atoms with Gasteiger partial charge in [-0.1, -0.05) is 133 Å². The van der Waals surface area contributed by atoms with Crippen LogP contribution < -0.4 is 4.90 Å². The fraction of sp³-hybridized carbons (Fsp3) is 0. The molecule has 9 rings (SSSR count). The van der Waals surface area contributed by atoms with Crippen LogP contribution in [0.3, 0.4) is 0 Å². The normalized spacial score (nSPS) is 11.5. The predicted octanol–water partition coefficient (Wildman–Crippen LogP) is 12.7. The zero-order valence-electron chi connectivity index (χ0n) is 25.1. The molecule has 1 aromatic heterocycles. The van der Waals surface area contributed by atoms with E-state index in [1.807, 2.05) is 12.1 Å². The van der Waals surface area contributed by atoms with Crippen molar-refractivity contribution in [2.75, 3.05) is 4.90 Å². The Morgan fingerprint density at radius 3 is 1.83 bits per heavy atom. The largest absolute Gasteiger partial charge is 0.456 e. The highest BCUT2D eigenvalue weighted by molar-refractivity contribution is 6.12. The Morgan fingerprint density at radius 2 is 0.978 bits per heavy atom. The van der Waals surface area contributed by atoms with Crippen molar-refractivity contribution < 1.29 is 4.42 Å². The molecule has 8 aromatic carbocycles. The summed E-state index contributed by atoms with van der Waals surface area (Å²) in [6, 6.07) is 62.8. The van der Waals surface area contributed by atoms with E-state index < -0.39 is 0 Å². The number of para-hydroxylation sites is 1. The van der Waals surface area contributed by atoms with Crippen LogP contribution in [0.5, 0.6) is 0 Å². The van der Waals surface area contributed by atoms with Crippen molar-refractivity contribution in [2.45, 2.75) is 0 Å². The molecule has 0 radical (unpaired) electrons. The summed E-state index contributed by atoms with van der Waals surface area (Å²) >= 11 is 0. The number of fused-ring (bicyclic) bond motifs is 5.